The Hall–Kier alpha value is -1.94. The minimum atomic E-state index is -1.14. The van der Waals surface area contributed by atoms with E-state index < -0.39 is 29.9 Å². The van der Waals surface area contributed by atoms with E-state index in [0.717, 1.165) is 0 Å². The van der Waals surface area contributed by atoms with Crippen molar-refractivity contribution in [2.45, 2.75) is 37.8 Å². The third-order valence-corrected chi connectivity index (χ3v) is 3.37. The molecule has 1 radical (unpaired) electrons. The summed E-state index contributed by atoms with van der Waals surface area (Å²) in [4.78, 5) is 41.9. The molecule has 1 aromatic heterocycles. The number of hydrogen-bond acceptors (Lipinski definition) is 6. The Morgan fingerprint density at radius 2 is 1.92 bits per heavy atom. The van der Waals surface area contributed by atoms with Gasteiger partial charge in [-0.25, -0.2) is 9.78 Å². The van der Waals surface area contributed by atoms with Crippen LogP contribution in [0.5, 0.6) is 0 Å². The first-order valence-corrected chi connectivity index (χ1v) is 7.68. The minimum Gasteiger partial charge on any atom is -0.480 e. The number of imidazole rings is 1. The van der Waals surface area contributed by atoms with E-state index in [1.165, 1.54) is 6.33 Å². The zero-order chi connectivity index (χ0) is 17.9. The third kappa shape index (κ3) is 8.64. The monoisotopic (exact) mass is 395 g/mol. The van der Waals surface area contributed by atoms with Crippen molar-refractivity contribution in [1.29, 1.82) is 0 Å². The van der Waals surface area contributed by atoms with Gasteiger partial charge in [0.15, 0.2) is 0 Å². The van der Waals surface area contributed by atoms with Gasteiger partial charge in [-0.05, 0) is 25.8 Å². The van der Waals surface area contributed by atoms with Gasteiger partial charge in [-0.2, -0.15) is 0 Å². The number of aromatic amines is 1. The van der Waals surface area contributed by atoms with E-state index in [2.05, 4.69) is 20.6 Å². The Morgan fingerprint density at radius 1 is 1.20 bits per heavy atom. The number of aromatic nitrogens is 2. The maximum Gasteiger partial charge on any atom is 0.326 e. The predicted molar refractivity (Wildman–Crippen MR) is 85.7 cm³/mol. The van der Waals surface area contributed by atoms with Crippen LogP contribution in [0, 0.1) is 0 Å². The van der Waals surface area contributed by atoms with E-state index >= 15 is 0 Å². The molecule has 1 aromatic rings. The van der Waals surface area contributed by atoms with E-state index in [9.17, 15) is 19.5 Å². The molecule has 2 unspecified atom stereocenters. The molecular formula is C14H24MnN6O4. The molecule has 0 saturated carbocycles. The molecule has 0 bridgehead atoms. The first-order chi connectivity index (χ1) is 11.5. The average Bonchev–Trinajstić information content (AvgIpc) is 3.06. The van der Waals surface area contributed by atoms with Gasteiger partial charge in [-0.15, -0.1) is 0 Å². The van der Waals surface area contributed by atoms with Crippen LogP contribution in [0.15, 0.2) is 12.5 Å². The van der Waals surface area contributed by atoms with Crippen LogP contribution in [0.3, 0.4) is 0 Å². The van der Waals surface area contributed by atoms with Crippen LogP contribution in [-0.2, 0) is 37.9 Å². The van der Waals surface area contributed by atoms with Crippen molar-refractivity contribution >= 4 is 17.8 Å². The number of rotatable bonds is 11. The van der Waals surface area contributed by atoms with Gasteiger partial charge in [-0.1, -0.05) is 0 Å². The molecule has 2 atom stereocenters. The van der Waals surface area contributed by atoms with Crippen molar-refractivity contribution in [2.24, 2.45) is 11.5 Å². The van der Waals surface area contributed by atoms with Gasteiger partial charge >= 0.3 is 5.97 Å². The van der Waals surface area contributed by atoms with Gasteiger partial charge in [0.2, 0.25) is 11.8 Å². The fourth-order valence-corrected chi connectivity index (χ4v) is 2.10. The van der Waals surface area contributed by atoms with Gasteiger partial charge in [0.1, 0.15) is 12.1 Å². The second-order valence-electron chi connectivity index (χ2n) is 5.27. The maximum atomic E-state index is 12.4. The van der Waals surface area contributed by atoms with Crippen LogP contribution in [-0.4, -0.2) is 58.0 Å². The second-order valence-corrected chi connectivity index (χ2v) is 5.27. The van der Waals surface area contributed by atoms with Gasteiger partial charge in [-0.3, -0.25) is 9.59 Å². The number of hydrogen-bond donors (Lipinski definition) is 6. The summed E-state index contributed by atoms with van der Waals surface area (Å²) in [6, 6.07) is -2.00. The zero-order valence-corrected chi connectivity index (χ0v) is 14.9. The molecule has 11 heteroatoms. The molecule has 0 spiro atoms. The fourth-order valence-electron chi connectivity index (χ4n) is 2.10. The van der Waals surface area contributed by atoms with E-state index in [1.54, 1.807) is 6.20 Å². The number of amides is 2. The molecule has 0 aliphatic heterocycles. The number of H-pyrrole nitrogens is 1. The normalized spacial score (nSPS) is 12.6. The second kappa shape index (κ2) is 12.4. The summed E-state index contributed by atoms with van der Waals surface area (Å²) in [6.07, 6.45) is 4.66. The molecule has 25 heavy (non-hydrogen) atoms. The molecule has 0 saturated heterocycles. The molecule has 8 N–H and O–H groups in total. The number of carbonyl (C=O) groups is 3. The van der Waals surface area contributed by atoms with Crippen LogP contribution < -0.4 is 22.1 Å². The summed E-state index contributed by atoms with van der Waals surface area (Å²) in [7, 11) is 0. The Morgan fingerprint density at radius 3 is 2.44 bits per heavy atom. The van der Waals surface area contributed by atoms with Crippen LogP contribution in [0.1, 0.15) is 25.0 Å². The van der Waals surface area contributed by atoms with Crippen molar-refractivity contribution in [1.82, 2.24) is 20.6 Å². The largest absolute Gasteiger partial charge is 0.480 e. The SMILES string of the molecule is NCCCCC(NC(=O)C(Cc1c[nH]cn1)NC(=O)CN)C(=O)O.[Mn]. The van der Waals surface area contributed by atoms with E-state index in [-0.39, 0.29) is 36.5 Å². The maximum absolute atomic E-state index is 12.4. The quantitative estimate of drug-likeness (QED) is 0.187. The van der Waals surface area contributed by atoms with Crippen LogP contribution in [0.25, 0.3) is 0 Å². The first-order valence-electron chi connectivity index (χ1n) is 7.68. The molecule has 0 fully saturated rings. The van der Waals surface area contributed by atoms with Gasteiger partial charge in [0.05, 0.1) is 18.6 Å². The number of nitrogens with one attached hydrogen (secondary N) is 3. The van der Waals surface area contributed by atoms with Crippen LogP contribution >= 0.6 is 0 Å². The topological polar surface area (TPSA) is 176 Å². The molecule has 0 aliphatic rings. The number of carboxylic acids is 1. The molecule has 141 valence electrons. The number of aliphatic carboxylic acids is 1. The summed E-state index contributed by atoms with van der Waals surface area (Å²) in [5.74, 6) is -2.25. The van der Waals surface area contributed by atoms with E-state index in [0.29, 0.717) is 25.1 Å². The Balaban J connectivity index is 0.00000576. The summed E-state index contributed by atoms with van der Waals surface area (Å²) < 4.78 is 0. The summed E-state index contributed by atoms with van der Waals surface area (Å²) in [6.45, 7) is 0.178. The molecule has 1 rings (SSSR count). The Kier molecular flexibility index (Phi) is 11.5. The average molecular weight is 395 g/mol. The van der Waals surface area contributed by atoms with Crippen LogP contribution in [0.2, 0.25) is 0 Å². The number of carboxylic acid groups (broad SMARTS) is 1. The molecular weight excluding hydrogens is 371 g/mol. The molecule has 0 aromatic carbocycles. The smallest absolute Gasteiger partial charge is 0.326 e. The van der Waals surface area contributed by atoms with Crippen molar-refractivity contribution in [3.05, 3.63) is 18.2 Å². The number of unbranched alkanes of at least 4 members (excludes halogenated alkanes) is 1. The minimum absolute atomic E-state index is 0. The standard InChI is InChI=1S/C14H24N6O4.Mn/c15-4-2-1-3-10(14(23)24)20-13(22)11(19-12(21)6-16)5-9-7-17-8-18-9;/h7-8,10-11H,1-6,15-16H2,(H,17,18)(H,19,21)(H,20,22)(H,23,24);. The number of nitrogens with two attached hydrogens (primary N) is 2. The molecule has 0 aliphatic carbocycles. The van der Waals surface area contributed by atoms with Gasteiger partial charge < -0.3 is 32.2 Å². The number of nitrogens with zero attached hydrogens (tertiary/aromatic N) is 1. The fraction of sp³-hybridized carbons (Fsp3) is 0.571. The summed E-state index contributed by atoms with van der Waals surface area (Å²) in [5.41, 5.74) is 11.2. The molecule has 2 amide bonds. The first kappa shape index (κ1) is 23.1. The Bertz CT molecular complexity index is 539. The van der Waals surface area contributed by atoms with Crippen molar-refractivity contribution in [3.8, 4) is 0 Å². The van der Waals surface area contributed by atoms with Crippen molar-refractivity contribution in [2.75, 3.05) is 13.1 Å². The Labute approximate surface area is 156 Å². The third-order valence-electron chi connectivity index (χ3n) is 3.37. The van der Waals surface area contributed by atoms with Crippen LogP contribution in [0.4, 0.5) is 0 Å². The van der Waals surface area contributed by atoms with Crippen molar-refractivity contribution < 1.29 is 36.6 Å². The zero-order valence-electron chi connectivity index (χ0n) is 13.7. The van der Waals surface area contributed by atoms with Crippen molar-refractivity contribution in [3.63, 3.8) is 0 Å². The van der Waals surface area contributed by atoms with Gasteiger partial charge in [0, 0.05) is 29.7 Å². The summed E-state index contributed by atoms with van der Waals surface area (Å²) >= 11 is 0. The predicted octanol–water partition coefficient (Wildman–Crippen LogP) is -1.91. The molecule has 10 nitrogen and oxygen atoms in total. The molecule has 1 heterocycles. The van der Waals surface area contributed by atoms with E-state index in [4.69, 9.17) is 11.5 Å². The summed E-state index contributed by atoms with van der Waals surface area (Å²) in [5, 5.41) is 14.1. The number of carbonyl (C=O) groups excluding carboxylic acids is 2. The van der Waals surface area contributed by atoms with E-state index in [1.807, 2.05) is 0 Å². The van der Waals surface area contributed by atoms with Gasteiger partial charge in [0.25, 0.3) is 0 Å².